The van der Waals surface area contributed by atoms with E-state index >= 15 is 0 Å². The number of hydrogen-bond acceptors (Lipinski definition) is 7. The summed E-state index contributed by atoms with van der Waals surface area (Å²) in [6.07, 6.45) is -4.04. The van der Waals surface area contributed by atoms with Crippen molar-refractivity contribution < 1.29 is 45.1 Å². The van der Waals surface area contributed by atoms with E-state index < -0.39 is 62.4 Å². The number of nitrogens with two attached hydrogens (primary N) is 1. The van der Waals surface area contributed by atoms with Crippen LogP contribution in [-0.4, -0.2) is 67.3 Å². The summed E-state index contributed by atoms with van der Waals surface area (Å²) in [7, 11) is -4.14. The second-order valence-corrected chi connectivity index (χ2v) is 13.1. The number of nitrogens with one attached hydrogen (secondary N) is 1. The minimum Gasteiger partial charge on any atom is -0.443 e. The topological polar surface area (TPSA) is 152 Å². The Kier molecular flexibility index (Phi) is 9.07. The first-order valence-electron chi connectivity index (χ1n) is 13.5. The average molecular weight is 642 g/mol. The summed E-state index contributed by atoms with van der Waals surface area (Å²) in [6.45, 7) is 5.13. The number of rotatable bonds is 5. The number of carbonyl (C=O) groups is 3. The lowest BCUT2D eigenvalue weighted by Crippen LogP contribution is -2.44. The van der Waals surface area contributed by atoms with Crippen molar-refractivity contribution in [3.63, 3.8) is 0 Å². The Morgan fingerprint density at radius 3 is 2.20 bits per heavy atom. The van der Waals surface area contributed by atoms with Gasteiger partial charge in [0.1, 0.15) is 18.1 Å². The molecule has 2 aromatic rings. The number of primary sulfonamides is 1. The van der Waals surface area contributed by atoms with Crippen LogP contribution < -0.4 is 10.5 Å². The van der Waals surface area contributed by atoms with Crippen molar-refractivity contribution in [3.05, 3.63) is 64.2 Å². The fraction of sp³-hybridized carbons (Fsp3) is 0.429. The Morgan fingerprint density at radius 2 is 1.64 bits per heavy atom. The van der Waals surface area contributed by atoms with Crippen LogP contribution in [0.4, 0.5) is 28.0 Å². The van der Waals surface area contributed by atoms with Crippen molar-refractivity contribution in [3.8, 4) is 0 Å². The third kappa shape index (κ3) is 7.53. The zero-order valence-electron chi connectivity index (χ0n) is 24.1. The number of nitrogens with zero attached hydrogens (tertiary/aromatic N) is 3. The van der Waals surface area contributed by atoms with Crippen LogP contribution in [0, 0.1) is 11.2 Å². The van der Waals surface area contributed by atoms with Gasteiger partial charge in [0.2, 0.25) is 15.9 Å². The fourth-order valence-electron chi connectivity index (χ4n) is 4.64. The van der Waals surface area contributed by atoms with Gasteiger partial charge in [-0.3, -0.25) is 14.6 Å². The largest absolute Gasteiger partial charge is 0.443 e. The molecule has 11 nitrogen and oxygen atoms in total. The summed E-state index contributed by atoms with van der Waals surface area (Å²) >= 11 is 0. The zero-order chi connectivity index (χ0) is 32.6. The molecule has 0 radical (unpaired) electrons. The van der Waals surface area contributed by atoms with Crippen molar-refractivity contribution in [2.75, 3.05) is 31.5 Å². The standard InChI is InChI=1S/C28H31F4N5O6S/c1-27(2,3)25(39)35-22-10-18(28(30,31)32)12-34-23(22)15-43-26(40)37-9-7-16-13-36(8-6-17(16)14-37)24(38)20-5-4-19(11-21(20)29)44(33,41)42/h4-5,10-12H,6-9,13-15H2,1-3H3,(H,35,39)(H2,33,41,42). The molecule has 44 heavy (non-hydrogen) atoms. The van der Waals surface area contributed by atoms with E-state index in [0.717, 1.165) is 29.3 Å². The summed E-state index contributed by atoms with van der Waals surface area (Å²) < 4.78 is 82.7. The van der Waals surface area contributed by atoms with Crippen LogP contribution in [0.25, 0.3) is 0 Å². The average Bonchev–Trinajstić information content (AvgIpc) is 2.93. The quantitative estimate of drug-likeness (QED) is 0.369. The molecule has 1 aromatic heterocycles. The smallest absolute Gasteiger partial charge is 0.417 e. The first kappa shape index (κ1) is 32.9. The van der Waals surface area contributed by atoms with E-state index in [9.17, 15) is 40.4 Å². The molecule has 0 aliphatic carbocycles. The van der Waals surface area contributed by atoms with E-state index in [2.05, 4.69) is 10.3 Å². The fourth-order valence-corrected chi connectivity index (χ4v) is 5.17. The zero-order valence-corrected chi connectivity index (χ0v) is 24.9. The number of aromatic nitrogens is 1. The van der Waals surface area contributed by atoms with E-state index in [4.69, 9.17) is 9.88 Å². The number of amides is 3. The lowest BCUT2D eigenvalue weighted by Gasteiger charge is -2.37. The molecule has 0 bridgehead atoms. The molecule has 0 spiro atoms. The molecule has 0 atom stereocenters. The summed E-state index contributed by atoms with van der Waals surface area (Å²) in [5, 5.41) is 7.46. The number of pyridine rings is 1. The first-order valence-corrected chi connectivity index (χ1v) is 15.0. The highest BCUT2D eigenvalue weighted by Crippen LogP contribution is 2.33. The van der Waals surface area contributed by atoms with Crippen molar-refractivity contribution in [1.29, 1.82) is 0 Å². The molecule has 0 saturated carbocycles. The van der Waals surface area contributed by atoms with E-state index in [1.807, 2.05) is 0 Å². The van der Waals surface area contributed by atoms with Gasteiger partial charge in [0, 0.05) is 37.8 Å². The number of alkyl halides is 3. The van der Waals surface area contributed by atoms with Gasteiger partial charge >= 0.3 is 12.3 Å². The van der Waals surface area contributed by atoms with Crippen LogP contribution in [0.15, 0.2) is 46.5 Å². The number of hydrogen-bond donors (Lipinski definition) is 2. The maximum Gasteiger partial charge on any atom is 0.417 e. The van der Waals surface area contributed by atoms with Crippen molar-refractivity contribution >= 4 is 33.6 Å². The van der Waals surface area contributed by atoms with Crippen molar-refractivity contribution in [1.82, 2.24) is 14.8 Å². The molecule has 1 aromatic carbocycles. The highest BCUT2D eigenvalue weighted by atomic mass is 32.2. The normalized spacial score (nSPS) is 16.0. The van der Waals surface area contributed by atoms with E-state index in [1.54, 1.807) is 20.8 Å². The van der Waals surface area contributed by atoms with Crippen LogP contribution in [0.3, 0.4) is 0 Å². The van der Waals surface area contributed by atoms with E-state index in [-0.39, 0.29) is 43.1 Å². The molecular weight excluding hydrogens is 610 g/mol. The predicted octanol–water partition coefficient (Wildman–Crippen LogP) is 4.06. The van der Waals surface area contributed by atoms with Gasteiger partial charge in [-0.15, -0.1) is 0 Å². The molecule has 16 heteroatoms. The molecule has 2 aliphatic heterocycles. The van der Waals surface area contributed by atoms with Crippen molar-refractivity contribution in [2.45, 2.75) is 51.3 Å². The Morgan fingerprint density at radius 1 is 1.02 bits per heavy atom. The molecule has 2 aliphatic rings. The highest BCUT2D eigenvalue weighted by Gasteiger charge is 2.34. The Balaban J connectivity index is 1.40. The SMILES string of the molecule is CC(C)(C)C(=O)Nc1cc(C(F)(F)F)cnc1COC(=O)N1CCC2=C(CCN(C(=O)c3ccc(S(N)(=O)=O)cc3F)C2)C1. The van der Waals surface area contributed by atoms with Crippen LogP contribution >= 0.6 is 0 Å². The van der Waals surface area contributed by atoms with Crippen LogP contribution in [0.2, 0.25) is 0 Å². The molecule has 0 unspecified atom stereocenters. The third-order valence-electron chi connectivity index (χ3n) is 7.23. The molecule has 3 amide bonds. The number of carbonyl (C=O) groups excluding carboxylic acids is 3. The van der Waals surface area contributed by atoms with E-state index in [1.165, 1.54) is 9.80 Å². The van der Waals surface area contributed by atoms with Gasteiger partial charge in [0.25, 0.3) is 5.91 Å². The molecule has 0 fully saturated rings. The molecule has 3 heterocycles. The predicted molar refractivity (Wildman–Crippen MR) is 149 cm³/mol. The van der Waals surface area contributed by atoms with Gasteiger partial charge < -0.3 is 19.9 Å². The minimum atomic E-state index is -4.70. The molecule has 238 valence electrons. The van der Waals surface area contributed by atoms with Crippen LogP contribution in [0.1, 0.15) is 55.2 Å². The monoisotopic (exact) mass is 641 g/mol. The lowest BCUT2D eigenvalue weighted by molar-refractivity contribution is -0.137. The van der Waals surface area contributed by atoms with Crippen molar-refractivity contribution in [2.24, 2.45) is 10.6 Å². The number of ether oxygens (including phenoxy) is 1. The molecule has 0 saturated heterocycles. The maximum absolute atomic E-state index is 14.6. The number of benzene rings is 1. The van der Waals surface area contributed by atoms with Gasteiger partial charge in [-0.2, -0.15) is 13.2 Å². The van der Waals surface area contributed by atoms with Gasteiger partial charge in [-0.25, -0.2) is 22.7 Å². The minimum absolute atomic E-state index is 0.0583. The van der Waals surface area contributed by atoms with E-state index in [0.29, 0.717) is 25.1 Å². The maximum atomic E-state index is 14.6. The molecule has 4 rings (SSSR count). The Labute approximate surface area is 251 Å². The Hall–Kier alpha value is -4.05. The second-order valence-electron chi connectivity index (χ2n) is 11.5. The lowest BCUT2D eigenvalue weighted by atomic mass is 9.93. The Bertz CT molecular complexity index is 1640. The van der Waals surface area contributed by atoms with Gasteiger partial charge in [0.15, 0.2) is 0 Å². The van der Waals surface area contributed by atoms with Gasteiger partial charge in [-0.1, -0.05) is 20.8 Å². The molecule has 3 N–H and O–H groups in total. The third-order valence-corrected chi connectivity index (χ3v) is 8.15. The second kappa shape index (κ2) is 12.1. The van der Waals surface area contributed by atoms with Gasteiger partial charge in [0.05, 0.1) is 21.7 Å². The number of sulfonamides is 1. The summed E-state index contributed by atoms with van der Waals surface area (Å²) in [4.78, 5) is 44.5. The highest BCUT2D eigenvalue weighted by molar-refractivity contribution is 7.89. The number of anilines is 1. The van der Waals surface area contributed by atoms with Crippen LogP contribution in [0.5, 0.6) is 0 Å². The first-order chi connectivity index (χ1) is 20.3. The van der Waals surface area contributed by atoms with Crippen LogP contribution in [-0.2, 0) is 32.3 Å². The summed E-state index contributed by atoms with van der Waals surface area (Å²) in [6, 6.07) is 3.58. The molecular formula is C28H31F4N5O6S. The number of halogens is 4. The van der Waals surface area contributed by atoms with Gasteiger partial charge in [-0.05, 0) is 48.3 Å². The summed E-state index contributed by atoms with van der Waals surface area (Å²) in [5.74, 6) is -2.17. The summed E-state index contributed by atoms with van der Waals surface area (Å²) in [5.41, 5.74) is -0.757.